The van der Waals surface area contributed by atoms with Crippen LogP contribution >= 0.6 is 0 Å². The van der Waals surface area contributed by atoms with Crippen LogP contribution in [0.25, 0.3) is 11.2 Å². The van der Waals surface area contributed by atoms with Crippen LogP contribution in [-0.4, -0.2) is 73.6 Å². The first-order valence-electron chi connectivity index (χ1n) is 13.8. The third-order valence-electron chi connectivity index (χ3n) is 7.74. The highest BCUT2D eigenvalue weighted by molar-refractivity contribution is 5.89. The number of aromatic nitrogens is 3. The monoisotopic (exact) mass is 537 g/mol. The number of nitrogens with one attached hydrogen (secondary N) is 2. The van der Waals surface area contributed by atoms with Gasteiger partial charge in [0.25, 0.3) is 0 Å². The van der Waals surface area contributed by atoms with Gasteiger partial charge < -0.3 is 36.0 Å². The number of aliphatic hydroxyl groups excluding tert-OH is 2. The maximum atomic E-state index is 12.4. The van der Waals surface area contributed by atoms with Crippen molar-refractivity contribution in [3.63, 3.8) is 0 Å². The molecule has 0 aliphatic heterocycles. The SMILES string of the molecule is CC(C)N(CCCNC(=O)Nc1ccc(C(C)(C)C)cc1)C[C@H]1C[C@@H](n2cnc3c(N)ccnc32)[C@H](O)[C@@H]1O. The van der Waals surface area contributed by atoms with Crippen molar-refractivity contribution in [3.8, 4) is 0 Å². The summed E-state index contributed by atoms with van der Waals surface area (Å²) in [6.45, 7) is 12.6. The van der Waals surface area contributed by atoms with Crippen LogP contribution in [-0.2, 0) is 5.41 Å². The van der Waals surface area contributed by atoms with Gasteiger partial charge in [-0.2, -0.15) is 0 Å². The Labute approximate surface area is 230 Å². The Balaban J connectivity index is 1.27. The second-order valence-corrected chi connectivity index (χ2v) is 11.9. The second kappa shape index (κ2) is 11.9. The molecule has 10 heteroatoms. The largest absolute Gasteiger partial charge is 0.397 e. The summed E-state index contributed by atoms with van der Waals surface area (Å²) in [5.41, 5.74) is 9.82. The van der Waals surface area contributed by atoms with Gasteiger partial charge in [-0.3, -0.25) is 0 Å². The van der Waals surface area contributed by atoms with Crippen LogP contribution < -0.4 is 16.4 Å². The summed E-state index contributed by atoms with van der Waals surface area (Å²) >= 11 is 0. The van der Waals surface area contributed by atoms with Crippen molar-refractivity contribution >= 4 is 28.6 Å². The molecule has 0 unspecified atom stereocenters. The first-order chi connectivity index (χ1) is 18.5. The Morgan fingerprint density at radius 3 is 2.54 bits per heavy atom. The maximum Gasteiger partial charge on any atom is 0.319 e. The number of imidazole rings is 1. The molecule has 4 rings (SSSR count). The summed E-state index contributed by atoms with van der Waals surface area (Å²) in [6.07, 6.45) is 2.85. The average molecular weight is 538 g/mol. The first-order valence-corrected chi connectivity index (χ1v) is 13.8. The lowest BCUT2D eigenvalue weighted by Gasteiger charge is -2.30. The van der Waals surface area contributed by atoms with E-state index in [-0.39, 0.29) is 29.4 Å². The molecule has 10 nitrogen and oxygen atoms in total. The van der Waals surface area contributed by atoms with Crippen molar-refractivity contribution in [2.24, 2.45) is 5.92 Å². The highest BCUT2D eigenvalue weighted by atomic mass is 16.3. The van der Waals surface area contributed by atoms with E-state index >= 15 is 0 Å². The molecule has 0 radical (unpaired) electrons. The Bertz CT molecular complexity index is 1250. The molecule has 1 saturated carbocycles. The van der Waals surface area contributed by atoms with Gasteiger partial charge in [0.2, 0.25) is 0 Å². The Kier molecular flexibility index (Phi) is 8.78. The number of amides is 2. The third kappa shape index (κ3) is 6.69. The summed E-state index contributed by atoms with van der Waals surface area (Å²) in [6, 6.07) is 9.31. The van der Waals surface area contributed by atoms with Crippen molar-refractivity contribution in [1.29, 1.82) is 0 Å². The maximum absolute atomic E-state index is 12.4. The second-order valence-electron chi connectivity index (χ2n) is 11.9. The lowest BCUT2D eigenvalue weighted by molar-refractivity contribution is -0.00171. The number of hydrogen-bond acceptors (Lipinski definition) is 7. The Morgan fingerprint density at radius 1 is 1.15 bits per heavy atom. The van der Waals surface area contributed by atoms with E-state index in [1.54, 1.807) is 18.6 Å². The number of anilines is 2. The number of urea groups is 1. The summed E-state index contributed by atoms with van der Waals surface area (Å²) in [5.74, 6) is -0.113. The van der Waals surface area contributed by atoms with E-state index < -0.39 is 12.2 Å². The minimum atomic E-state index is -0.924. The lowest BCUT2D eigenvalue weighted by atomic mass is 9.87. The zero-order valence-electron chi connectivity index (χ0n) is 23.6. The van der Waals surface area contributed by atoms with Crippen LogP contribution in [0.4, 0.5) is 16.2 Å². The predicted octanol–water partition coefficient (Wildman–Crippen LogP) is 3.52. The van der Waals surface area contributed by atoms with Gasteiger partial charge in [0.1, 0.15) is 11.6 Å². The Morgan fingerprint density at radius 2 is 1.87 bits per heavy atom. The summed E-state index contributed by atoms with van der Waals surface area (Å²) in [7, 11) is 0. The topological polar surface area (TPSA) is 142 Å². The molecule has 1 aliphatic carbocycles. The highest BCUT2D eigenvalue weighted by Crippen LogP contribution is 2.38. The van der Waals surface area contributed by atoms with Crippen molar-refractivity contribution < 1.29 is 15.0 Å². The van der Waals surface area contributed by atoms with Crippen LogP contribution in [0.5, 0.6) is 0 Å². The van der Waals surface area contributed by atoms with E-state index in [0.717, 1.165) is 18.7 Å². The minimum absolute atomic E-state index is 0.0657. The molecule has 2 aromatic heterocycles. The van der Waals surface area contributed by atoms with E-state index in [1.807, 2.05) is 28.8 Å². The van der Waals surface area contributed by atoms with E-state index in [2.05, 4.69) is 60.1 Å². The first kappa shape index (κ1) is 28.8. The fourth-order valence-electron chi connectivity index (χ4n) is 5.33. The van der Waals surface area contributed by atoms with Gasteiger partial charge in [-0.25, -0.2) is 14.8 Å². The molecule has 1 aromatic carbocycles. The molecule has 212 valence electrons. The average Bonchev–Trinajstić information content (AvgIpc) is 3.42. The molecule has 4 atom stereocenters. The quantitative estimate of drug-likeness (QED) is 0.263. The van der Waals surface area contributed by atoms with E-state index in [1.165, 1.54) is 5.56 Å². The summed E-state index contributed by atoms with van der Waals surface area (Å²) < 4.78 is 1.83. The summed E-state index contributed by atoms with van der Waals surface area (Å²) in [5, 5.41) is 27.6. The standard InChI is InChI=1S/C29H43N7O3/c1-18(2)35(14-6-12-32-28(39)34-21-9-7-20(8-10-21)29(3,4)5)16-19-15-23(26(38)25(19)37)36-17-33-24-22(30)11-13-31-27(24)36/h7-11,13,17-19,23,25-26,37-38H,6,12,14-16H2,1-5H3,(H2,30,31)(H2,32,34,39)/t19-,23-,25-,26+/m1/s1. The smallest absolute Gasteiger partial charge is 0.319 e. The molecule has 6 N–H and O–H groups in total. The number of pyridine rings is 1. The molecule has 2 heterocycles. The normalized spacial score (nSPS) is 21.7. The molecule has 2 amide bonds. The molecule has 1 aliphatic rings. The number of benzene rings is 1. The number of carbonyl (C=O) groups excluding carboxylic acids is 1. The van der Waals surface area contributed by atoms with Crippen LogP contribution in [0.2, 0.25) is 0 Å². The van der Waals surface area contributed by atoms with Crippen LogP contribution in [0, 0.1) is 5.92 Å². The number of nitrogen functional groups attached to an aromatic ring is 1. The number of carbonyl (C=O) groups is 1. The number of nitrogens with zero attached hydrogens (tertiary/aromatic N) is 4. The fraction of sp³-hybridized carbons (Fsp3) is 0.552. The van der Waals surface area contributed by atoms with Crippen molar-refractivity contribution in [1.82, 2.24) is 24.8 Å². The van der Waals surface area contributed by atoms with Gasteiger partial charge in [-0.15, -0.1) is 0 Å². The lowest BCUT2D eigenvalue weighted by Crippen LogP contribution is -2.41. The summed E-state index contributed by atoms with van der Waals surface area (Å²) in [4.78, 5) is 23.4. The van der Waals surface area contributed by atoms with E-state index in [4.69, 9.17) is 5.73 Å². The zero-order chi connectivity index (χ0) is 28.3. The van der Waals surface area contributed by atoms with Gasteiger partial charge in [0, 0.05) is 43.5 Å². The van der Waals surface area contributed by atoms with Crippen molar-refractivity contribution in [3.05, 3.63) is 48.4 Å². The predicted molar refractivity (Wildman–Crippen MR) is 155 cm³/mol. The molecule has 39 heavy (non-hydrogen) atoms. The number of nitrogens with two attached hydrogens (primary N) is 1. The van der Waals surface area contributed by atoms with Crippen LogP contribution in [0.3, 0.4) is 0 Å². The van der Waals surface area contributed by atoms with Crippen LogP contribution in [0.15, 0.2) is 42.9 Å². The fourth-order valence-corrected chi connectivity index (χ4v) is 5.33. The zero-order valence-corrected chi connectivity index (χ0v) is 23.6. The molecule has 0 saturated heterocycles. The van der Waals surface area contributed by atoms with E-state index in [0.29, 0.717) is 36.4 Å². The molecule has 1 fully saturated rings. The minimum Gasteiger partial charge on any atom is -0.397 e. The van der Waals surface area contributed by atoms with E-state index in [9.17, 15) is 15.0 Å². The number of aliphatic hydroxyl groups is 2. The van der Waals surface area contributed by atoms with Crippen molar-refractivity contribution in [2.75, 3.05) is 30.7 Å². The van der Waals surface area contributed by atoms with Gasteiger partial charge in [-0.05, 0) is 55.9 Å². The molecular weight excluding hydrogens is 494 g/mol. The van der Waals surface area contributed by atoms with Gasteiger partial charge in [0.05, 0.1) is 24.2 Å². The number of hydrogen-bond donors (Lipinski definition) is 5. The van der Waals surface area contributed by atoms with Gasteiger partial charge in [0.15, 0.2) is 5.65 Å². The molecule has 0 spiro atoms. The molecule has 3 aromatic rings. The van der Waals surface area contributed by atoms with Crippen molar-refractivity contribution in [2.45, 2.75) is 77.2 Å². The van der Waals surface area contributed by atoms with Crippen LogP contribution in [0.1, 0.15) is 59.1 Å². The Hall–Kier alpha value is -3.21. The number of rotatable bonds is 9. The number of fused-ring (bicyclic) bond motifs is 1. The van der Waals surface area contributed by atoms with Gasteiger partial charge in [-0.1, -0.05) is 32.9 Å². The van der Waals surface area contributed by atoms with Gasteiger partial charge >= 0.3 is 6.03 Å². The molecular formula is C29H43N7O3. The highest BCUT2D eigenvalue weighted by Gasteiger charge is 2.43. The molecule has 0 bridgehead atoms. The third-order valence-corrected chi connectivity index (χ3v) is 7.74.